The van der Waals surface area contributed by atoms with Crippen molar-refractivity contribution in [3.63, 3.8) is 0 Å². The average Bonchev–Trinajstić information content (AvgIpc) is 2.72. The van der Waals surface area contributed by atoms with E-state index in [4.69, 9.17) is 9.47 Å². The Balaban J connectivity index is 2.29. The normalized spacial score (nSPS) is 17.9. The summed E-state index contributed by atoms with van der Waals surface area (Å²) in [5.74, 6) is -0.744. The highest BCUT2D eigenvalue weighted by Gasteiger charge is 2.33. The summed E-state index contributed by atoms with van der Waals surface area (Å²) in [6.07, 6.45) is 3.82. The van der Waals surface area contributed by atoms with Crippen molar-refractivity contribution >= 4 is 17.6 Å². The molecule has 0 saturated carbocycles. The number of carbonyl (C=O) groups is 1. The lowest BCUT2D eigenvalue weighted by atomic mass is 10.2. The lowest BCUT2D eigenvalue weighted by Crippen LogP contribution is -2.20. The van der Waals surface area contributed by atoms with Crippen LogP contribution in [0.2, 0.25) is 0 Å². The molecule has 2 rings (SSSR count). The Morgan fingerprint density at radius 1 is 1.38 bits per heavy atom. The Kier molecular flexibility index (Phi) is 1.84. The van der Waals surface area contributed by atoms with E-state index >= 15 is 0 Å². The maximum atomic E-state index is 10.5. The molecule has 0 saturated heterocycles. The molecule has 0 radical (unpaired) electrons. The van der Waals surface area contributed by atoms with Crippen LogP contribution in [0.5, 0.6) is 0 Å². The molecule has 2 heterocycles. The van der Waals surface area contributed by atoms with Gasteiger partial charge in [-0.3, -0.25) is 4.79 Å². The van der Waals surface area contributed by atoms with Crippen LogP contribution in [0.15, 0.2) is 24.7 Å². The number of carbonyl (C=O) groups excluding carboxylic acids is 1. The van der Waals surface area contributed by atoms with Crippen molar-refractivity contribution < 1.29 is 14.3 Å². The fraction of sp³-hybridized carbons (Fsp3) is 0.222. The van der Waals surface area contributed by atoms with Crippen LogP contribution in [0, 0.1) is 0 Å². The number of hydrogen-bond donors (Lipinski definition) is 0. The van der Waals surface area contributed by atoms with Crippen molar-refractivity contribution in [1.82, 2.24) is 0 Å². The van der Waals surface area contributed by atoms with Crippen LogP contribution in [-0.4, -0.2) is 6.29 Å². The molecule has 0 atom stereocenters. The molecule has 4 heteroatoms. The second-order valence-corrected chi connectivity index (χ2v) is 3.89. The zero-order valence-corrected chi connectivity index (χ0v) is 7.84. The van der Waals surface area contributed by atoms with Gasteiger partial charge < -0.3 is 9.47 Å². The van der Waals surface area contributed by atoms with Gasteiger partial charge in [-0.1, -0.05) is 0 Å². The van der Waals surface area contributed by atoms with Gasteiger partial charge in [0.1, 0.15) is 12.5 Å². The van der Waals surface area contributed by atoms with Crippen molar-refractivity contribution in [2.45, 2.75) is 12.7 Å². The number of thiophene rings is 1. The molecule has 0 aromatic carbocycles. The van der Waals surface area contributed by atoms with E-state index in [1.54, 1.807) is 6.07 Å². The Bertz CT molecular complexity index is 345. The monoisotopic (exact) mass is 196 g/mol. The Morgan fingerprint density at radius 2 is 2.08 bits per heavy atom. The van der Waals surface area contributed by atoms with E-state index in [2.05, 4.69) is 0 Å². The third-order valence-corrected chi connectivity index (χ3v) is 3.03. The van der Waals surface area contributed by atoms with Gasteiger partial charge in [0.05, 0.1) is 9.75 Å². The summed E-state index contributed by atoms with van der Waals surface area (Å²) in [5, 5.41) is 0. The van der Waals surface area contributed by atoms with Crippen LogP contribution >= 0.6 is 11.3 Å². The maximum Gasteiger partial charge on any atom is 0.283 e. The van der Waals surface area contributed by atoms with E-state index in [-0.39, 0.29) is 0 Å². The SMILES string of the molecule is CC1(c2ccc(C=O)s2)OC=CO1. The van der Waals surface area contributed by atoms with Gasteiger partial charge in [0.2, 0.25) is 0 Å². The minimum Gasteiger partial charge on any atom is -0.452 e. The highest BCUT2D eigenvalue weighted by Crippen LogP contribution is 2.35. The average molecular weight is 196 g/mol. The maximum absolute atomic E-state index is 10.5. The fourth-order valence-corrected chi connectivity index (χ4v) is 1.98. The predicted molar refractivity (Wildman–Crippen MR) is 48.4 cm³/mol. The molecule has 0 unspecified atom stereocenters. The van der Waals surface area contributed by atoms with Crippen LogP contribution in [-0.2, 0) is 15.3 Å². The summed E-state index contributed by atoms with van der Waals surface area (Å²) in [4.78, 5) is 12.0. The first-order chi connectivity index (χ1) is 6.24. The third kappa shape index (κ3) is 1.33. The summed E-state index contributed by atoms with van der Waals surface area (Å²) in [6.45, 7) is 1.81. The predicted octanol–water partition coefficient (Wildman–Crippen LogP) is 2.25. The molecule has 3 nitrogen and oxygen atoms in total. The van der Waals surface area contributed by atoms with Gasteiger partial charge in [0, 0.05) is 6.92 Å². The first-order valence-electron chi connectivity index (χ1n) is 3.81. The molecule has 1 aliphatic heterocycles. The lowest BCUT2D eigenvalue weighted by molar-refractivity contribution is -0.130. The highest BCUT2D eigenvalue weighted by atomic mass is 32.1. The van der Waals surface area contributed by atoms with Gasteiger partial charge in [-0.15, -0.1) is 11.3 Å². The van der Waals surface area contributed by atoms with E-state index in [1.165, 1.54) is 23.9 Å². The van der Waals surface area contributed by atoms with Gasteiger partial charge in [-0.2, -0.15) is 0 Å². The van der Waals surface area contributed by atoms with E-state index in [9.17, 15) is 4.79 Å². The molecule has 0 N–H and O–H groups in total. The molecule has 0 fully saturated rings. The molecule has 68 valence electrons. The molecule has 0 aliphatic carbocycles. The largest absolute Gasteiger partial charge is 0.452 e. The molecule has 1 aromatic heterocycles. The van der Waals surface area contributed by atoms with Crippen molar-refractivity contribution in [2.24, 2.45) is 0 Å². The molecule has 1 aliphatic rings. The molecule has 13 heavy (non-hydrogen) atoms. The molecular formula is C9H8O3S. The summed E-state index contributed by atoms with van der Waals surface area (Å²) in [5.41, 5.74) is 0. The number of hydrogen-bond acceptors (Lipinski definition) is 4. The standard InChI is InChI=1S/C9H8O3S/c1-9(11-4-5-12-9)8-3-2-7(6-10)13-8/h2-6H,1H3. The zero-order chi connectivity index (χ0) is 9.31. The second kappa shape index (κ2) is 2.88. The van der Waals surface area contributed by atoms with Crippen LogP contribution in [0.4, 0.5) is 0 Å². The minimum atomic E-state index is -0.744. The van der Waals surface area contributed by atoms with E-state index < -0.39 is 5.79 Å². The first-order valence-corrected chi connectivity index (χ1v) is 4.62. The summed E-state index contributed by atoms with van der Waals surface area (Å²) >= 11 is 1.37. The van der Waals surface area contributed by atoms with Gasteiger partial charge in [0.25, 0.3) is 5.79 Å². The Hall–Kier alpha value is -1.29. The number of ether oxygens (including phenoxy) is 2. The van der Waals surface area contributed by atoms with E-state index in [0.717, 1.165) is 11.2 Å². The number of rotatable bonds is 2. The van der Waals surface area contributed by atoms with Crippen molar-refractivity contribution in [3.8, 4) is 0 Å². The third-order valence-electron chi connectivity index (χ3n) is 1.83. The van der Waals surface area contributed by atoms with E-state index in [0.29, 0.717) is 4.88 Å². The number of aldehydes is 1. The summed E-state index contributed by atoms with van der Waals surface area (Å²) < 4.78 is 10.6. The Morgan fingerprint density at radius 3 is 2.62 bits per heavy atom. The van der Waals surface area contributed by atoms with E-state index in [1.807, 2.05) is 13.0 Å². The molecular weight excluding hydrogens is 188 g/mol. The van der Waals surface area contributed by atoms with Crippen molar-refractivity contribution in [3.05, 3.63) is 34.4 Å². The topological polar surface area (TPSA) is 35.5 Å². The second-order valence-electron chi connectivity index (χ2n) is 2.77. The highest BCUT2D eigenvalue weighted by molar-refractivity contribution is 7.13. The quantitative estimate of drug-likeness (QED) is 0.680. The molecule has 1 aromatic rings. The van der Waals surface area contributed by atoms with Gasteiger partial charge in [-0.25, -0.2) is 0 Å². The zero-order valence-electron chi connectivity index (χ0n) is 7.02. The summed E-state index contributed by atoms with van der Waals surface area (Å²) in [7, 11) is 0. The van der Waals surface area contributed by atoms with Gasteiger partial charge in [-0.05, 0) is 12.1 Å². The smallest absolute Gasteiger partial charge is 0.283 e. The van der Waals surface area contributed by atoms with Gasteiger partial charge >= 0.3 is 0 Å². The van der Waals surface area contributed by atoms with Gasteiger partial charge in [0.15, 0.2) is 6.29 Å². The lowest BCUT2D eigenvalue weighted by Gasteiger charge is -2.20. The van der Waals surface area contributed by atoms with Crippen LogP contribution < -0.4 is 0 Å². The van der Waals surface area contributed by atoms with Crippen molar-refractivity contribution in [2.75, 3.05) is 0 Å². The van der Waals surface area contributed by atoms with Crippen LogP contribution in [0.1, 0.15) is 21.5 Å². The van der Waals surface area contributed by atoms with Crippen LogP contribution in [0.25, 0.3) is 0 Å². The molecule has 0 bridgehead atoms. The molecule has 0 amide bonds. The summed E-state index contributed by atoms with van der Waals surface area (Å²) in [6, 6.07) is 3.59. The first kappa shape index (κ1) is 8.31. The fourth-order valence-electron chi connectivity index (χ4n) is 1.12. The molecule has 0 spiro atoms. The van der Waals surface area contributed by atoms with Crippen LogP contribution in [0.3, 0.4) is 0 Å². The Labute approximate surface area is 79.6 Å². The van der Waals surface area contributed by atoms with Crippen molar-refractivity contribution in [1.29, 1.82) is 0 Å². The minimum absolute atomic E-state index is 0.676.